The lowest BCUT2D eigenvalue weighted by molar-refractivity contribution is -0.137. The van der Waals surface area contributed by atoms with Crippen LogP contribution in [0.2, 0.25) is 5.02 Å². The maximum absolute atomic E-state index is 12.6. The third-order valence-electron chi connectivity index (χ3n) is 4.94. The van der Waals surface area contributed by atoms with Crippen molar-refractivity contribution in [1.29, 1.82) is 0 Å². The lowest BCUT2D eigenvalue weighted by Gasteiger charge is -2.22. The maximum atomic E-state index is 12.6. The van der Waals surface area contributed by atoms with Crippen LogP contribution < -0.4 is 9.46 Å². The van der Waals surface area contributed by atoms with E-state index in [-0.39, 0.29) is 10.8 Å². The summed E-state index contributed by atoms with van der Waals surface area (Å²) in [5.74, 6) is 1.13. The Morgan fingerprint density at radius 2 is 1.89 bits per heavy atom. The molecular formula is C20H21ClN2O4S. The molecule has 148 valence electrons. The molecule has 1 unspecified atom stereocenters. The Morgan fingerprint density at radius 3 is 2.57 bits per heavy atom. The van der Waals surface area contributed by atoms with Gasteiger partial charge in [-0.3, -0.25) is 9.52 Å². The van der Waals surface area contributed by atoms with Gasteiger partial charge in [-0.2, -0.15) is 0 Å². The lowest BCUT2D eigenvalue weighted by atomic mass is 10.1. The van der Waals surface area contributed by atoms with E-state index in [1.807, 2.05) is 4.90 Å². The Morgan fingerprint density at radius 1 is 1.18 bits per heavy atom. The molecule has 1 fully saturated rings. The van der Waals surface area contributed by atoms with E-state index in [4.69, 9.17) is 16.3 Å². The molecule has 28 heavy (non-hydrogen) atoms. The molecule has 4 rings (SSSR count). The SMILES string of the molecule is CC1Oc2ccc(NS(=O)(=O)c3ccc(Cl)cc3)cc2CN(CC2CC2)C1=O. The first-order valence-electron chi connectivity index (χ1n) is 9.18. The number of carbonyl (C=O) groups is 1. The molecule has 8 heteroatoms. The number of anilines is 1. The van der Waals surface area contributed by atoms with Crippen LogP contribution in [0, 0.1) is 5.92 Å². The molecule has 0 saturated heterocycles. The molecule has 2 aromatic rings. The standard InChI is InChI=1S/C20H21ClN2O4S/c1-13-20(24)23(11-14-2-3-14)12-15-10-17(6-9-19(15)27-13)22-28(25,26)18-7-4-16(21)5-8-18/h4-10,13-14,22H,2-3,11-12H2,1H3. The van der Waals surface area contributed by atoms with Crippen molar-refractivity contribution in [3.63, 3.8) is 0 Å². The van der Waals surface area contributed by atoms with Gasteiger partial charge in [-0.1, -0.05) is 11.6 Å². The normalized spacial score (nSPS) is 19.6. The minimum Gasteiger partial charge on any atom is -0.481 e. The summed E-state index contributed by atoms with van der Waals surface area (Å²) in [6.07, 6.45) is 1.73. The molecule has 0 spiro atoms. The van der Waals surface area contributed by atoms with Crippen LogP contribution in [0.4, 0.5) is 5.69 Å². The summed E-state index contributed by atoms with van der Waals surface area (Å²) in [5.41, 5.74) is 1.21. The second kappa shape index (κ2) is 7.29. The number of fused-ring (bicyclic) bond motifs is 1. The van der Waals surface area contributed by atoms with E-state index >= 15 is 0 Å². The Bertz CT molecular complexity index is 1000. The van der Waals surface area contributed by atoms with Gasteiger partial charge < -0.3 is 9.64 Å². The van der Waals surface area contributed by atoms with E-state index in [9.17, 15) is 13.2 Å². The zero-order valence-electron chi connectivity index (χ0n) is 15.4. The molecule has 1 heterocycles. The van der Waals surface area contributed by atoms with Gasteiger partial charge in [0.05, 0.1) is 4.90 Å². The fraction of sp³-hybridized carbons (Fsp3) is 0.350. The number of sulfonamides is 1. The van der Waals surface area contributed by atoms with Crippen molar-refractivity contribution < 1.29 is 17.9 Å². The van der Waals surface area contributed by atoms with Gasteiger partial charge in [-0.15, -0.1) is 0 Å². The molecule has 1 amide bonds. The smallest absolute Gasteiger partial charge is 0.263 e. The van der Waals surface area contributed by atoms with Gasteiger partial charge in [-0.05, 0) is 68.1 Å². The summed E-state index contributed by atoms with van der Waals surface area (Å²) in [6.45, 7) is 2.87. The van der Waals surface area contributed by atoms with Gasteiger partial charge in [0, 0.05) is 29.4 Å². The fourth-order valence-corrected chi connectivity index (χ4v) is 4.43. The van der Waals surface area contributed by atoms with Crippen molar-refractivity contribution in [3.05, 3.63) is 53.1 Å². The molecule has 1 atom stereocenters. The molecule has 1 N–H and O–H groups in total. The van der Waals surface area contributed by atoms with Crippen LogP contribution in [0.5, 0.6) is 5.75 Å². The minimum atomic E-state index is -3.74. The second-order valence-electron chi connectivity index (χ2n) is 7.30. The number of benzene rings is 2. The number of hydrogen-bond donors (Lipinski definition) is 1. The average molecular weight is 421 g/mol. The molecule has 6 nitrogen and oxygen atoms in total. The summed E-state index contributed by atoms with van der Waals surface area (Å²) in [4.78, 5) is 14.5. The molecule has 0 aromatic heterocycles. The number of rotatable bonds is 5. The van der Waals surface area contributed by atoms with Gasteiger partial charge in [0.1, 0.15) is 5.75 Å². The number of carbonyl (C=O) groups excluding carboxylic acids is 1. The number of hydrogen-bond acceptors (Lipinski definition) is 4. The van der Waals surface area contributed by atoms with Crippen molar-refractivity contribution in [2.75, 3.05) is 11.3 Å². The molecule has 0 radical (unpaired) electrons. The summed E-state index contributed by atoms with van der Waals surface area (Å²) in [5, 5.41) is 0.468. The Kier molecular flexibility index (Phi) is 4.97. The van der Waals surface area contributed by atoms with E-state index < -0.39 is 16.1 Å². The second-order valence-corrected chi connectivity index (χ2v) is 9.42. The predicted octanol–water partition coefficient (Wildman–Crippen LogP) is 3.66. The van der Waals surface area contributed by atoms with Gasteiger partial charge >= 0.3 is 0 Å². The molecule has 1 saturated carbocycles. The first-order valence-corrected chi connectivity index (χ1v) is 11.0. The van der Waals surface area contributed by atoms with Gasteiger partial charge in [0.15, 0.2) is 6.10 Å². The van der Waals surface area contributed by atoms with Crippen molar-refractivity contribution >= 4 is 33.2 Å². The van der Waals surface area contributed by atoms with Gasteiger partial charge in [0.2, 0.25) is 0 Å². The van der Waals surface area contributed by atoms with Gasteiger partial charge in [0.25, 0.3) is 15.9 Å². The quantitative estimate of drug-likeness (QED) is 0.800. The van der Waals surface area contributed by atoms with Crippen molar-refractivity contribution in [2.45, 2.75) is 37.3 Å². The van der Waals surface area contributed by atoms with Crippen LogP contribution in [-0.2, 0) is 21.4 Å². The van der Waals surface area contributed by atoms with Crippen molar-refractivity contribution in [1.82, 2.24) is 4.90 Å². The fourth-order valence-electron chi connectivity index (χ4n) is 3.26. The van der Waals surface area contributed by atoms with Crippen LogP contribution in [-0.4, -0.2) is 31.9 Å². The van der Waals surface area contributed by atoms with E-state index in [1.165, 1.54) is 24.3 Å². The van der Waals surface area contributed by atoms with E-state index in [0.717, 1.165) is 18.4 Å². The first-order chi connectivity index (χ1) is 13.3. The number of halogens is 1. The zero-order chi connectivity index (χ0) is 19.9. The minimum absolute atomic E-state index is 0.0357. The topological polar surface area (TPSA) is 75.7 Å². The zero-order valence-corrected chi connectivity index (χ0v) is 17.0. The number of ether oxygens (including phenoxy) is 1. The summed E-state index contributed by atoms with van der Waals surface area (Å²) in [6, 6.07) is 11.0. The molecule has 1 aliphatic heterocycles. The van der Waals surface area contributed by atoms with E-state index in [0.29, 0.717) is 35.5 Å². The summed E-state index contributed by atoms with van der Waals surface area (Å²) < 4.78 is 33.6. The van der Waals surface area contributed by atoms with E-state index in [1.54, 1.807) is 25.1 Å². The summed E-state index contributed by atoms with van der Waals surface area (Å²) >= 11 is 5.83. The molecular weight excluding hydrogens is 400 g/mol. The number of nitrogens with zero attached hydrogens (tertiary/aromatic N) is 1. The number of nitrogens with one attached hydrogen (secondary N) is 1. The van der Waals surface area contributed by atoms with E-state index in [2.05, 4.69) is 4.72 Å². The highest BCUT2D eigenvalue weighted by Gasteiger charge is 2.32. The van der Waals surface area contributed by atoms with Crippen LogP contribution >= 0.6 is 11.6 Å². The Hall–Kier alpha value is -2.25. The molecule has 1 aliphatic carbocycles. The third-order valence-corrected chi connectivity index (χ3v) is 6.59. The Balaban J connectivity index is 1.59. The molecule has 0 bridgehead atoms. The first kappa shape index (κ1) is 19.1. The Labute approximate surface area is 169 Å². The van der Waals surface area contributed by atoms with Gasteiger partial charge in [-0.25, -0.2) is 8.42 Å². The van der Waals surface area contributed by atoms with Crippen LogP contribution in [0.15, 0.2) is 47.4 Å². The van der Waals surface area contributed by atoms with Crippen molar-refractivity contribution in [2.24, 2.45) is 5.92 Å². The predicted molar refractivity (Wildman–Crippen MR) is 107 cm³/mol. The maximum Gasteiger partial charge on any atom is 0.263 e. The highest BCUT2D eigenvalue weighted by molar-refractivity contribution is 7.92. The largest absolute Gasteiger partial charge is 0.481 e. The summed E-state index contributed by atoms with van der Waals surface area (Å²) in [7, 11) is -3.74. The molecule has 2 aliphatic rings. The highest BCUT2D eigenvalue weighted by Crippen LogP contribution is 2.34. The van der Waals surface area contributed by atoms with Crippen molar-refractivity contribution in [3.8, 4) is 5.75 Å². The van der Waals surface area contributed by atoms with Crippen LogP contribution in [0.1, 0.15) is 25.3 Å². The van der Waals surface area contributed by atoms with Crippen LogP contribution in [0.3, 0.4) is 0 Å². The monoisotopic (exact) mass is 420 g/mol. The number of amides is 1. The van der Waals surface area contributed by atoms with Crippen LogP contribution in [0.25, 0.3) is 0 Å². The molecule has 2 aromatic carbocycles. The average Bonchev–Trinajstić information content (AvgIpc) is 3.47. The highest BCUT2D eigenvalue weighted by atomic mass is 35.5. The lowest BCUT2D eigenvalue weighted by Crippen LogP contribution is -2.39. The third kappa shape index (κ3) is 4.10.